The zero-order chi connectivity index (χ0) is 18.9. The Bertz CT molecular complexity index is 419. The first-order valence-corrected chi connectivity index (χ1v) is 10.8. The summed E-state index contributed by atoms with van der Waals surface area (Å²) in [7, 11) is -4.80. The lowest BCUT2D eigenvalue weighted by Crippen LogP contribution is -2.53. The smallest absolute Gasteiger partial charge is 0.343 e. The molecule has 0 saturated carbocycles. The number of carboxylic acids is 1. The van der Waals surface area contributed by atoms with Gasteiger partial charge in [0.25, 0.3) is 0 Å². The molecule has 0 amide bonds. The standard InChI is InChI=1S/C17H36NO5P/c1-4-16(5-2,13-11-9-7-8-10-12-14-18)17(6-3,15(19)20)24(21,22)23/h4-14,18H2,1-3H3,(H,19,20)(H2,21,22,23). The Labute approximate surface area is 146 Å². The van der Waals surface area contributed by atoms with Gasteiger partial charge in [0.05, 0.1) is 0 Å². The van der Waals surface area contributed by atoms with E-state index in [1.807, 2.05) is 13.8 Å². The Balaban J connectivity index is 5.19. The van der Waals surface area contributed by atoms with E-state index in [1.165, 1.54) is 0 Å². The van der Waals surface area contributed by atoms with Crippen molar-refractivity contribution in [2.75, 3.05) is 6.54 Å². The van der Waals surface area contributed by atoms with Gasteiger partial charge >= 0.3 is 13.6 Å². The predicted octanol–water partition coefficient (Wildman–Crippen LogP) is 3.89. The van der Waals surface area contributed by atoms with Crippen LogP contribution in [0.5, 0.6) is 0 Å². The first-order valence-electron chi connectivity index (χ1n) is 9.18. The average Bonchev–Trinajstić information content (AvgIpc) is 2.51. The molecular weight excluding hydrogens is 329 g/mol. The lowest BCUT2D eigenvalue weighted by atomic mass is 9.66. The van der Waals surface area contributed by atoms with Crippen LogP contribution in [-0.2, 0) is 9.36 Å². The fourth-order valence-corrected chi connectivity index (χ4v) is 5.81. The third-order valence-electron chi connectivity index (χ3n) is 5.70. The van der Waals surface area contributed by atoms with Gasteiger partial charge < -0.3 is 20.6 Å². The topological polar surface area (TPSA) is 121 Å². The highest BCUT2D eigenvalue weighted by atomic mass is 31.2. The van der Waals surface area contributed by atoms with E-state index in [9.17, 15) is 24.3 Å². The first-order chi connectivity index (χ1) is 11.2. The summed E-state index contributed by atoms with van der Waals surface area (Å²) < 4.78 is 12.2. The molecule has 0 aromatic carbocycles. The molecule has 1 atom stereocenters. The maximum absolute atomic E-state index is 12.2. The molecule has 7 heteroatoms. The molecule has 0 heterocycles. The Morgan fingerprint density at radius 1 is 0.917 bits per heavy atom. The molecule has 0 spiro atoms. The van der Waals surface area contributed by atoms with E-state index in [-0.39, 0.29) is 6.42 Å². The van der Waals surface area contributed by atoms with Gasteiger partial charge in [0.1, 0.15) is 0 Å². The van der Waals surface area contributed by atoms with Crippen molar-refractivity contribution in [2.24, 2.45) is 11.1 Å². The van der Waals surface area contributed by atoms with Crippen molar-refractivity contribution in [3.05, 3.63) is 0 Å². The number of carboxylic acid groups (broad SMARTS) is 1. The van der Waals surface area contributed by atoms with Crippen LogP contribution in [0.15, 0.2) is 0 Å². The Morgan fingerprint density at radius 2 is 1.38 bits per heavy atom. The number of aliphatic carboxylic acids is 1. The van der Waals surface area contributed by atoms with Crippen molar-refractivity contribution in [1.82, 2.24) is 0 Å². The molecule has 0 aromatic rings. The molecule has 0 saturated heterocycles. The Hall–Kier alpha value is -0.420. The highest BCUT2D eigenvalue weighted by Gasteiger charge is 2.63. The van der Waals surface area contributed by atoms with Gasteiger partial charge in [-0.1, -0.05) is 52.9 Å². The van der Waals surface area contributed by atoms with Gasteiger partial charge in [0, 0.05) is 0 Å². The zero-order valence-electron chi connectivity index (χ0n) is 15.5. The van der Waals surface area contributed by atoms with E-state index < -0.39 is 24.1 Å². The summed E-state index contributed by atoms with van der Waals surface area (Å²) in [6, 6.07) is 0. The monoisotopic (exact) mass is 365 g/mol. The zero-order valence-corrected chi connectivity index (χ0v) is 16.4. The maximum Gasteiger partial charge on any atom is 0.343 e. The summed E-state index contributed by atoms with van der Waals surface area (Å²) >= 11 is 0. The van der Waals surface area contributed by atoms with Crippen LogP contribution in [0.2, 0.25) is 0 Å². The Kier molecular flexibility index (Phi) is 10.4. The minimum Gasteiger partial charge on any atom is -0.480 e. The molecule has 5 N–H and O–H groups in total. The molecule has 144 valence electrons. The number of nitrogens with two attached hydrogens (primary N) is 1. The summed E-state index contributed by atoms with van der Waals surface area (Å²) in [6.07, 6.45) is 7.36. The van der Waals surface area contributed by atoms with Gasteiger partial charge in [0.15, 0.2) is 5.16 Å². The number of hydrogen-bond donors (Lipinski definition) is 4. The lowest BCUT2D eigenvalue weighted by Gasteiger charge is -2.47. The fourth-order valence-electron chi connectivity index (χ4n) is 4.10. The first kappa shape index (κ1) is 23.6. The number of carbonyl (C=O) groups is 1. The SMILES string of the molecule is CCC(CC)(CCCCCCCCN)C(CC)(C(=O)O)P(=O)(O)O. The summed E-state index contributed by atoms with van der Waals surface area (Å²) in [5, 5.41) is 7.76. The number of unbranched alkanes of at least 4 members (excludes halogenated alkanes) is 5. The highest BCUT2D eigenvalue weighted by Crippen LogP contribution is 2.65. The van der Waals surface area contributed by atoms with E-state index in [0.29, 0.717) is 25.8 Å². The predicted molar refractivity (Wildman–Crippen MR) is 97.1 cm³/mol. The molecule has 0 fully saturated rings. The number of rotatable bonds is 14. The van der Waals surface area contributed by atoms with Crippen LogP contribution >= 0.6 is 7.60 Å². The molecule has 0 bridgehead atoms. The minimum atomic E-state index is -4.80. The largest absolute Gasteiger partial charge is 0.480 e. The number of hydrogen-bond acceptors (Lipinski definition) is 3. The van der Waals surface area contributed by atoms with Gasteiger partial charge in [-0.15, -0.1) is 0 Å². The van der Waals surface area contributed by atoms with Gasteiger partial charge in [-0.05, 0) is 44.1 Å². The third-order valence-corrected chi connectivity index (χ3v) is 7.68. The van der Waals surface area contributed by atoms with Gasteiger partial charge in [0.2, 0.25) is 0 Å². The van der Waals surface area contributed by atoms with Crippen LogP contribution < -0.4 is 5.73 Å². The summed E-state index contributed by atoms with van der Waals surface area (Å²) in [6.45, 7) is 5.95. The van der Waals surface area contributed by atoms with Crippen LogP contribution in [0.4, 0.5) is 0 Å². The second-order valence-electron chi connectivity index (χ2n) is 6.71. The van der Waals surface area contributed by atoms with Crippen LogP contribution in [0.25, 0.3) is 0 Å². The van der Waals surface area contributed by atoms with E-state index >= 15 is 0 Å². The summed E-state index contributed by atoms with van der Waals surface area (Å²) in [5.74, 6) is -1.37. The van der Waals surface area contributed by atoms with Gasteiger partial charge in [-0.25, -0.2) is 0 Å². The van der Waals surface area contributed by atoms with Crippen LogP contribution in [-0.4, -0.2) is 32.6 Å². The van der Waals surface area contributed by atoms with Crippen molar-refractivity contribution in [1.29, 1.82) is 0 Å². The fraction of sp³-hybridized carbons (Fsp3) is 0.941. The molecule has 6 nitrogen and oxygen atoms in total. The normalized spacial score (nSPS) is 15.2. The molecule has 0 radical (unpaired) electrons. The molecule has 0 aliphatic rings. The van der Waals surface area contributed by atoms with E-state index in [0.717, 1.165) is 38.5 Å². The molecule has 0 aromatic heterocycles. The van der Waals surface area contributed by atoms with E-state index in [1.54, 1.807) is 6.92 Å². The Morgan fingerprint density at radius 3 is 1.71 bits per heavy atom. The molecule has 0 aliphatic heterocycles. The minimum absolute atomic E-state index is 0.0647. The molecule has 24 heavy (non-hydrogen) atoms. The second kappa shape index (κ2) is 10.5. The van der Waals surface area contributed by atoms with Crippen molar-refractivity contribution in [3.8, 4) is 0 Å². The van der Waals surface area contributed by atoms with Crippen molar-refractivity contribution < 1.29 is 24.3 Å². The van der Waals surface area contributed by atoms with E-state index in [2.05, 4.69) is 0 Å². The van der Waals surface area contributed by atoms with Crippen molar-refractivity contribution in [3.63, 3.8) is 0 Å². The summed E-state index contributed by atoms with van der Waals surface area (Å²) in [4.78, 5) is 31.8. The van der Waals surface area contributed by atoms with Crippen LogP contribution in [0.1, 0.15) is 85.0 Å². The molecular formula is C17H36NO5P. The quantitative estimate of drug-likeness (QED) is 0.274. The van der Waals surface area contributed by atoms with Gasteiger partial charge in [-0.3, -0.25) is 9.36 Å². The van der Waals surface area contributed by atoms with Crippen LogP contribution in [0, 0.1) is 5.41 Å². The molecule has 0 aliphatic carbocycles. The average molecular weight is 365 g/mol. The maximum atomic E-state index is 12.2. The van der Waals surface area contributed by atoms with Crippen LogP contribution in [0.3, 0.4) is 0 Å². The van der Waals surface area contributed by atoms with E-state index in [4.69, 9.17) is 5.73 Å². The highest BCUT2D eigenvalue weighted by molar-refractivity contribution is 7.54. The van der Waals surface area contributed by atoms with Crippen molar-refractivity contribution in [2.45, 2.75) is 90.1 Å². The lowest BCUT2D eigenvalue weighted by molar-refractivity contribution is -0.146. The molecule has 0 rings (SSSR count). The van der Waals surface area contributed by atoms with Crippen molar-refractivity contribution >= 4 is 13.6 Å². The van der Waals surface area contributed by atoms with Gasteiger partial charge in [-0.2, -0.15) is 0 Å². The summed E-state index contributed by atoms with van der Waals surface area (Å²) in [5.41, 5.74) is 4.58. The molecule has 1 unspecified atom stereocenters. The third kappa shape index (κ3) is 5.04. The second-order valence-corrected chi connectivity index (χ2v) is 8.56.